The van der Waals surface area contributed by atoms with Crippen molar-refractivity contribution in [3.8, 4) is 5.75 Å². The van der Waals surface area contributed by atoms with Crippen LogP contribution in [0.25, 0.3) is 0 Å². The van der Waals surface area contributed by atoms with Crippen molar-refractivity contribution in [1.82, 2.24) is 14.8 Å². The molecule has 1 saturated heterocycles. The molecule has 0 bridgehead atoms. The number of ether oxygens (including phenoxy) is 1. The van der Waals surface area contributed by atoms with Gasteiger partial charge in [0.1, 0.15) is 22.1 Å². The molecule has 1 saturated carbocycles. The van der Waals surface area contributed by atoms with Gasteiger partial charge in [-0.2, -0.15) is 26.3 Å². The Morgan fingerprint density at radius 1 is 1.08 bits per heavy atom. The minimum atomic E-state index is -4.94. The smallest absolute Gasteiger partial charge is 0.425 e. The van der Waals surface area contributed by atoms with Crippen LogP contribution in [-0.2, 0) is 28.4 Å². The summed E-state index contributed by atoms with van der Waals surface area (Å²) in [5.74, 6) is -4.34. The van der Waals surface area contributed by atoms with Crippen LogP contribution in [0.4, 0.5) is 30.7 Å². The number of benzene rings is 1. The van der Waals surface area contributed by atoms with Crippen molar-refractivity contribution in [2.75, 3.05) is 13.1 Å². The minimum Gasteiger partial charge on any atom is -0.481 e. The summed E-state index contributed by atoms with van der Waals surface area (Å²) in [5, 5.41) is 10.6. The molecule has 3 aromatic rings. The van der Waals surface area contributed by atoms with Crippen molar-refractivity contribution in [2.45, 2.75) is 81.4 Å². The van der Waals surface area contributed by atoms with Gasteiger partial charge in [-0.15, -0.1) is 11.3 Å². The molecule has 268 valence electrons. The fourth-order valence-electron chi connectivity index (χ4n) is 7.88. The second-order valence-corrected chi connectivity index (χ2v) is 13.7. The van der Waals surface area contributed by atoms with Crippen LogP contribution in [0, 0.1) is 11.7 Å². The van der Waals surface area contributed by atoms with Gasteiger partial charge in [-0.05, 0) is 67.0 Å². The van der Waals surface area contributed by atoms with Crippen LogP contribution in [-0.4, -0.2) is 61.9 Å². The number of carboxylic acids is 1. The number of thiophene rings is 1. The number of fused-ring (bicyclic) bond motifs is 1. The number of piperidine rings is 1. The Hall–Kier alpha value is -4.21. The molecule has 2 aromatic heterocycles. The third-order valence-corrected chi connectivity index (χ3v) is 11.0. The van der Waals surface area contributed by atoms with Crippen LogP contribution in [0.2, 0.25) is 0 Å². The Balaban J connectivity index is 1.51. The Bertz CT molecular complexity index is 1810. The maximum atomic E-state index is 15.3. The van der Waals surface area contributed by atoms with Gasteiger partial charge in [-0.25, -0.2) is 4.39 Å². The van der Waals surface area contributed by atoms with Gasteiger partial charge in [-0.3, -0.25) is 19.4 Å². The van der Waals surface area contributed by atoms with E-state index in [0.717, 1.165) is 29.8 Å². The minimum absolute atomic E-state index is 0.0372. The highest BCUT2D eigenvalue weighted by Gasteiger charge is 2.76. The molecule has 4 atom stereocenters. The highest BCUT2D eigenvalue weighted by molar-refractivity contribution is 7.10. The molecule has 50 heavy (non-hydrogen) atoms. The van der Waals surface area contributed by atoms with Crippen LogP contribution >= 0.6 is 11.3 Å². The average molecular weight is 728 g/mol. The average Bonchev–Trinajstić information content (AvgIpc) is 3.59. The van der Waals surface area contributed by atoms with E-state index < -0.39 is 75.2 Å². The number of halogens is 7. The van der Waals surface area contributed by atoms with Gasteiger partial charge in [0.15, 0.2) is 0 Å². The monoisotopic (exact) mass is 727 g/mol. The molecule has 16 heteroatoms. The predicted molar refractivity (Wildman–Crippen MR) is 165 cm³/mol. The molecule has 1 unspecified atom stereocenters. The summed E-state index contributed by atoms with van der Waals surface area (Å²) in [6.07, 6.45) is -8.57. The van der Waals surface area contributed by atoms with Crippen LogP contribution in [0.1, 0.15) is 83.5 Å². The summed E-state index contributed by atoms with van der Waals surface area (Å²) >= 11 is 0.340. The highest BCUT2D eigenvalue weighted by Crippen LogP contribution is 2.63. The number of amides is 2. The molecule has 6 rings (SSSR count). The zero-order valence-electron chi connectivity index (χ0n) is 26.6. The quantitative estimate of drug-likeness (QED) is 0.241. The fraction of sp³-hybridized carbons (Fsp3) is 0.471. The van der Waals surface area contributed by atoms with E-state index in [2.05, 4.69) is 4.98 Å². The van der Waals surface area contributed by atoms with Gasteiger partial charge in [0.2, 0.25) is 5.60 Å². The fourth-order valence-corrected chi connectivity index (χ4v) is 8.56. The molecule has 1 N–H and O–H groups in total. The van der Waals surface area contributed by atoms with Crippen molar-refractivity contribution in [1.29, 1.82) is 0 Å². The molecule has 4 heterocycles. The number of rotatable bonds is 8. The summed E-state index contributed by atoms with van der Waals surface area (Å²) < 4.78 is 104. The SMILES string of the molecule is CC[C@@H]1C[C@]12N(C(=O)c1ncccc1C(F)(F)F)CCC[C@@]2(Oc1csc(C(F)(F)F)c1)C(=O)N1CCc2cc(F)ccc2C1CCC(=O)O. The van der Waals surface area contributed by atoms with Gasteiger partial charge in [0.05, 0.1) is 17.1 Å². The second kappa shape index (κ2) is 12.8. The number of aliphatic carboxylic acids is 1. The van der Waals surface area contributed by atoms with Crippen molar-refractivity contribution in [3.05, 3.63) is 81.1 Å². The predicted octanol–water partition coefficient (Wildman–Crippen LogP) is 7.53. The van der Waals surface area contributed by atoms with E-state index in [1.807, 2.05) is 0 Å². The van der Waals surface area contributed by atoms with E-state index in [9.17, 15) is 45.4 Å². The lowest BCUT2D eigenvalue weighted by molar-refractivity contribution is -0.166. The number of nitrogens with zero attached hydrogens (tertiary/aromatic N) is 3. The van der Waals surface area contributed by atoms with E-state index in [1.54, 1.807) is 6.92 Å². The Morgan fingerprint density at radius 2 is 1.84 bits per heavy atom. The van der Waals surface area contributed by atoms with Crippen molar-refractivity contribution >= 4 is 29.1 Å². The Morgan fingerprint density at radius 3 is 2.48 bits per heavy atom. The van der Waals surface area contributed by atoms with Gasteiger partial charge >= 0.3 is 18.3 Å². The van der Waals surface area contributed by atoms with E-state index in [1.165, 1.54) is 28.0 Å². The van der Waals surface area contributed by atoms with Crippen molar-refractivity contribution in [3.63, 3.8) is 0 Å². The summed E-state index contributed by atoms with van der Waals surface area (Å²) in [5.41, 5.74) is -4.80. The van der Waals surface area contributed by atoms with Gasteiger partial charge in [0.25, 0.3) is 11.8 Å². The summed E-state index contributed by atoms with van der Waals surface area (Å²) in [7, 11) is 0. The first-order valence-electron chi connectivity index (χ1n) is 16.0. The van der Waals surface area contributed by atoms with E-state index in [-0.39, 0.29) is 57.4 Å². The van der Waals surface area contributed by atoms with Gasteiger partial charge in [0, 0.05) is 43.6 Å². The molecule has 2 amide bonds. The summed E-state index contributed by atoms with van der Waals surface area (Å²) in [6, 6.07) is 5.53. The van der Waals surface area contributed by atoms with Crippen LogP contribution in [0.15, 0.2) is 48.0 Å². The van der Waals surface area contributed by atoms with Crippen molar-refractivity contribution < 1.29 is 55.0 Å². The summed E-state index contributed by atoms with van der Waals surface area (Å²) in [6.45, 7) is 1.65. The lowest BCUT2D eigenvalue weighted by Crippen LogP contribution is -2.71. The molecule has 1 aliphatic carbocycles. The molecular weight excluding hydrogens is 695 g/mol. The number of hydrogen-bond acceptors (Lipinski definition) is 6. The molecular formula is C34H32F7N3O5S. The molecule has 2 aliphatic heterocycles. The molecule has 1 spiro atoms. The number of hydrogen-bond donors (Lipinski definition) is 1. The third kappa shape index (κ3) is 6.08. The number of aromatic nitrogens is 1. The molecule has 1 aromatic carbocycles. The topological polar surface area (TPSA) is 100 Å². The second-order valence-electron chi connectivity index (χ2n) is 12.8. The van der Waals surface area contributed by atoms with E-state index in [4.69, 9.17) is 4.74 Å². The van der Waals surface area contributed by atoms with E-state index in [0.29, 0.717) is 28.9 Å². The first-order valence-corrected chi connectivity index (χ1v) is 16.9. The molecule has 2 fully saturated rings. The van der Waals surface area contributed by atoms with E-state index >= 15 is 4.79 Å². The summed E-state index contributed by atoms with van der Waals surface area (Å²) in [4.78, 5) is 46.6. The largest absolute Gasteiger partial charge is 0.481 e. The third-order valence-electron chi connectivity index (χ3n) is 10.1. The van der Waals surface area contributed by atoms with Gasteiger partial charge in [-0.1, -0.05) is 19.4 Å². The molecule has 8 nitrogen and oxygen atoms in total. The molecule has 3 aliphatic rings. The number of alkyl halides is 6. The number of carbonyl (C=O) groups excluding carboxylic acids is 2. The Labute approximate surface area is 285 Å². The number of pyridine rings is 1. The standard InChI is InChI=1S/C34H32F7N3O5S/c1-2-20-17-31(20)32(49-22-16-26(50-18-22)34(39,40)41,11-4-13-44(31)29(47)28-24(33(36,37)38)5-3-12-42-28)30(48)43-14-10-19-15-21(35)6-7-23(19)25(43)8-9-27(45)46/h3,5-7,12,15-16,18,20,25H,2,4,8-11,13-14,17H2,1H3,(H,45,46)/t20-,25?,31+,32-/m1/s1. The zero-order chi connectivity index (χ0) is 36.2. The number of carboxylic acid groups (broad SMARTS) is 1. The molecule has 0 radical (unpaired) electrons. The maximum absolute atomic E-state index is 15.3. The highest BCUT2D eigenvalue weighted by atomic mass is 32.1. The lowest BCUT2D eigenvalue weighted by Gasteiger charge is -2.53. The van der Waals surface area contributed by atoms with Crippen LogP contribution in [0.3, 0.4) is 0 Å². The van der Waals surface area contributed by atoms with Gasteiger partial charge < -0.3 is 19.6 Å². The Kier molecular flexibility index (Phi) is 9.14. The normalized spacial score (nSPS) is 25.0. The number of likely N-dealkylation sites (tertiary alicyclic amines) is 1. The maximum Gasteiger partial charge on any atom is 0.425 e. The zero-order valence-corrected chi connectivity index (χ0v) is 27.4. The lowest BCUT2D eigenvalue weighted by atomic mass is 9.76. The van der Waals surface area contributed by atoms with Crippen molar-refractivity contribution in [2.24, 2.45) is 5.92 Å². The first kappa shape index (κ1) is 35.6. The number of carbonyl (C=O) groups is 3. The first-order chi connectivity index (χ1) is 23.5. The van der Waals surface area contributed by atoms with Crippen LogP contribution < -0.4 is 4.74 Å². The van der Waals surface area contributed by atoms with Crippen LogP contribution in [0.5, 0.6) is 5.75 Å².